The topological polar surface area (TPSA) is 88.3 Å². The molecule has 0 radical (unpaired) electrons. The number of carbonyl (C=O) groups excluding carboxylic acids is 2. The molecule has 176 valence electrons. The second-order valence-corrected chi connectivity index (χ2v) is 9.18. The third kappa shape index (κ3) is 4.84. The third-order valence-corrected chi connectivity index (χ3v) is 6.57. The Kier molecular flexibility index (Phi) is 6.75. The van der Waals surface area contributed by atoms with Crippen molar-refractivity contribution in [1.82, 2.24) is 9.88 Å². The van der Waals surface area contributed by atoms with E-state index in [-0.39, 0.29) is 29.7 Å². The molecule has 34 heavy (non-hydrogen) atoms. The number of anilines is 1. The minimum Gasteiger partial charge on any atom is -0.337 e. The molecule has 2 aromatic carbocycles. The molecule has 2 heterocycles. The Morgan fingerprint density at radius 1 is 1.06 bits per heavy atom. The van der Waals surface area contributed by atoms with Crippen molar-refractivity contribution < 1.29 is 14.0 Å². The van der Waals surface area contributed by atoms with E-state index in [1.54, 1.807) is 48.8 Å². The number of halogens is 1. The lowest BCUT2D eigenvalue weighted by atomic mass is 9.82. The lowest BCUT2D eigenvalue weighted by Crippen LogP contribution is -2.49. The molecule has 1 aliphatic rings. The fourth-order valence-electron chi connectivity index (χ4n) is 4.48. The summed E-state index contributed by atoms with van der Waals surface area (Å²) >= 11 is 0. The zero-order valence-corrected chi connectivity index (χ0v) is 19.4. The fourth-order valence-corrected chi connectivity index (χ4v) is 4.48. The monoisotopic (exact) mass is 460 g/mol. The van der Waals surface area contributed by atoms with Crippen LogP contribution in [0.4, 0.5) is 10.1 Å². The molecule has 6 nitrogen and oxygen atoms in total. The van der Waals surface area contributed by atoms with Crippen molar-refractivity contribution in [3.63, 3.8) is 0 Å². The predicted molar refractivity (Wildman–Crippen MR) is 130 cm³/mol. The number of hydrogen-bond acceptors (Lipinski definition) is 4. The zero-order valence-electron chi connectivity index (χ0n) is 19.4. The molecular formula is C27H29FN4O2. The van der Waals surface area contributed by atoms with Crippen LogP contribution in [0.1, 0.15) is 54.2 Å². The van der Waals surface area contributed by atoms with Crippen molar-refractivity contribution in [2.75, 3.05) is 11.9 Å². The van der Waals surface area contributed by atoms with Gasteiger partial charge in [0, 0.05) is 30.2 Å². The van der Waals surface area contributed by atoms with Gasteiger partial charge in [0.05, 0.1) is 17.5 Å². The van der Waals surface area contributed by atoms with E-state index >= 15 is 0 Å². The molecular weight excluding hydrogens is 431 g/mol. The van der Waals surface area contributed by atoms with Gasteiger partial charge in [0.1, 0.15) is 5.82 Å². The van der Waals surface area contributed by atoms with Crippen LogP contribution in [0.25, 0.3) is 0 Å². The van der Waals surface area contributed by atoms with Gasteiger partial charge in [-0.3, -0.25) is 14.6 Å². The summed E-state index contributed by atoms with van der Waals surface area (Å²) in [5.74, 6) is -0.568. The predicted octanol–water partition coefficient (Wildman–Crippen LogP) is 4.44. The van der Waals surface area contributed by atoms with E-state index in [1.807, 2.05) is 30.9 Å². The highest BCUT2D eigenvalue weighted by Gasteiger charge is 2.41. The maximum absolute atomic E-state index is 13.5. The van der Waals surface area contributed by atoms with Gasteiger partial charge in [-0.1, -0.05) is 24.3 Å². The number of hydrogen-bond donors (Lipinski definition) is 2. The van der Waals surface area contributed by atoms with Crippen LogP contribution in [-0.2, 0) is 10.2 Å². The van der Waals surface area contributed by atoms with Crippen molar-refractivity contribution >= 4 is 17.5 Å². The summed E-state index contributed by atoms with van der Waals surface area (Å²) in [7, 11) is 0. The van der Waals surface area contributed by atoms with E-state index < -0.39 is 5.41 Å². The average Bonchev–Trinajstić information content (AvgIpc) is 3.34. The smallest absolute Gasteiger partial charge is 0.255 e. The molecule has 2 atom stereocenters. The van der Waals surface area contributed by atoms with Gasteiger partial charge in [-0.15, -0.1) is 0 Å². The Morgan fingerprint density at radius 2 is 1.71 bits per heavy atom. The minimum atomic E-state index is -0.801. The normalized spacial score (nSPS) is 16.8. The Bertz CT molecular complexity index is 1150. The Hall–Kier alpha value is -3.58. The largest absolute Gasteiger partial charge is 0.337 e. The van der Waals surface area contributed by atoms with E-state index in [0.717, 1.165) is 24.0 Å². The summed E-state index contributed by atoms with van der Waals surface area (Å²) in [5, 5.41) is 2.83. The number of likely N-dealkylation sites (tertiary alicyclic amines) is 1. The summed E-state index contributed by atoms with van der Waals surface area (Å²) < 4.78 is 13.4. The van der Waals surface area contributed by atoms with Crippen LogP contribution in [0.15, 0.2) is 73.1 Å². The van der Waals surface area contributed by atoms with E-state index in [2.05, 4.69) is 10.3 Å². The molecule has 0 saturated carbocycles. The Balaban J connectivity index is 1.47. The van der Waals surface area contributed by atoms with Crippen LogP contribution >= 0.6 is 0 Å². The van der Waals surface area contributed by atoms with Crippen molar-refractivity contribution in [2.24, 2.45) is 5.73 Å². The number of aromatic nitrogens is 1. The first-order chi connectivity index (χ1) is 16.3. The molecule has 4 rings (SSSR count). The van der Waals surface area contributed by atoms with Crippen molar-refractivity contribution in [3.05, 3.63) is 95.6 Å². The standard InChI is InChI=1S/C27H29FN4O2/c1-27(2,20-9-11-21(28)12-10-20)26(34)32-17-3-4-23(32)24(29)18-5-7-19(8-6-18)25(33)31-22-13-15-30-16-14-22/h5-16,23-24H,3-4,17,29H2,1-2H3,(H,30,31,33)/t23-,24?/m0/s1. The highest BCUT2D eigenvalue weighted by Crippen LogP contribution is 2.34. The minimum absolute atomic E-state index is 0.0228. The van der Waals surface area contributed by atoms with Gasteiger partial charge in [0.2, 0.25) is 5.91 Å². The van der Waals surface area contributed by atoms with Crippen LogP contribution in [0.3, 0.4) is 0 Å². The van der Waals surface area contributed by atoms with Crippen LogP contribution in [0.5, 0.6) is 0 Å². The first kappa shape index (κ1) is 23.6. The molecule has 1 aliphatic heterocycles. The van der Waals surface area contributed by atoms with E-state index in [9.17, 15) is 14.0 Å². The molecule has 3 N–H and O–H groups in total. The lowest BCUT2D eigenvalue weighted by Gasteiger charge is -2.36. The van der Waals surface area contributed by atoms with Gasteiger partial charge in [0.25, 0.3) is 5.91 Å². The molecule has 7 heteroatoms. The molecule has 1 aromatic heterocycles. The average molecular weight is 461 g/mol. The van der Waals surface area contributed by atoms with Crippen LogP contribution in [0, 0.1) is 5.82 Å². The van der Waals surface area contributed by atoms with Gasteiger partial charge in [-0.05, 0) is 74.2 Å². The Morgan fingerprint density at radius 3 is 2.35 bits per heavy atom. The summed E-state index contributed by atoms with van der Waals surface area (Å²) in [6.07, 6.45) is 4.90. The van der Waals surface area contributed by atoms with Crippen molar-refractivity contribution in [1.29, 1.82) is 0 Å². The van der Waals surface area contributed by atoms with Crippen LogP contribution < -0.4 is 11.1 Å². The number of nitrogens with zero attached hydrogens (tertiary/aromatic N) is 2. The highest BCUT2D eigenvalue weighted by molar-refractivity contribution is 6.04. The lowest BCUT2D eigenvalue weighted by molar-refractivity contribution is -0.137. The molecule has 0 spiro atoms. The number of nitrogens with one attached hydrogen (secondary N) is 1. The first-order valence-corrected chi connectivity index (χ1v) is 11.4. The quantitative estimate of drug-likeness (QED) is 0.569. The first-order valence-electron chi connectivity index (χ1n) is 11.4. The van der Waals surface area contributed by atoms with Crippen LogP contribution in [-0.4, -0.2) is 34.3 Å². The SMILES string of the molecule is CC(C)(C(=O)N1CCC[C@H]1C(N)c1ccc(C(=O)Nc2ccncc2)cc1)c1ccc(F)cc1. The van der Waals surface area contributed by atoms with E-state index in [1.165, 1.54) is 12.1 Å². The molecule has 2 amide bonds. The third-order valence-electron chi connectivity index (χ3n) is 6.57. The van der Waals surface area contributed by atoms with Gasteiger partial charge in [-0.25, -0.2) is 4.39 Å². The molecule has 1 fully saturated rings. The molecule has 0 aliphatic carbocycles. The second-order valence-electron chi connectivity index (χ2n) is 9.18. The number of benzene rings is 2. The summed E-state index contributed by atoms with van der Waals surface area (Å²) in [6, 6.07) is 16.2. The molecule has 3 aromatic rings. The van der Waals surface area contributed by atoms with Gasteiger partial charge in [0.15, 0.2) is 0 Å². The zero-order chi connectivity index (χ0) is 24.3. The maximum atomic E-state index is 13.5. The number of amides is 2. The van der Waals surface area contributed by atoms with Gasteiger partial charge >= 0.3 is 0 Å². The van der Waals surface area contributed by atoms with Gasteiger partial charge < -0.3 is 16.0 Å². The maximum Gasteiger partial charge on any atom is 0.255 e. The number of pyridine rings is 1. The number of rotatable bonds is 6. The molecule has 1 saturated heterocycles. The molecule has 0 bridgehead atoms. The van der Waals surface area contributed by atoms with Gasteiger partial charge in [-0.2, -0.15) is 0 Å². The fraction of sp³-hybridized carbons (Fsp3) is 0.296. The Labute approximate surface area is 199 Å². The molecule has 1 unspecified atom stereocenters. The summed E-state index contributed by atoms with van der Waals surface area (Å²) in [5.41, 5.74) is 8.65. The van der Waals surface area contributed by atoms with E-state index in [0.29, 0.717) is 17.8 Å². The van der Waals surface area contributed by atoms with Crippen molar-refractivity contribution in [2.45, 2.75) is 44.2 Å². The number of carbonyl (C=O) groups is 2. The summed E-state index contributed by atoms with van der Waals surface area (Å²) in [6.45, 7) is 4.35. The number of nitrogens with two attached hydrogens (primary N) is 1. The summed E-state index contributed by atoms with van der Waals surface area (Å²) in [4.78, 5) is 31.9. The van der Waals surface area contributed by atoms with Crippen LogP contribution in [0.2, 0.25) is 0 Å². The van der Waals surface area contributed by atoms with Crippen molar-refractivity contribution in [3.8, 4) is 0 Å². The second kappa shape index (κ2) is 9.73. The highest BCUT2D eigenvalue weighted by atomic mass is 19.1. The van der Waals surface area contributed by atoms with E-state index in [4.69, 9.17) is 5.73 Å².